The standard InChI is InChI=1S/C26H22ClNO3/c1-18-14-24(15-19(2)26(18)27)30-17-23-9-8-22(31-23)10-11-25(29)20-6-5-7-21(16-20)28-12-3-4-13-28/h3-16H,17H2,1-2H3/b11-10+. The third kappa shape index (κ3) is 4.98. The number of aryl methyl sites for hydroxylation is 2. The monoisotopic (exact) mass is 431 g/mol. The molecule has 0 radical (unpaired) electrons. The number of rotatable bonds is 7. The van der Waals surface area contributed by atoms with Crippen LogP contribution < -0.4 is 4.74 Å². The Morgan fingerprint density at radius 2 is 1.77 bits per heavy atom. The molecule has 0 fully saturated rings. The molecule has 2 aromatic heterocycles. The van der Waals surface area contributed by atoms with Crippen LogP contribution in [0, 0.1) is 13.8 Å². The third-order valence-electron chi connectivity index (χ3n) is 4.91. The SMILES string of the molecule is Cc1cc(OCc2ccc(/C=C/C(=O)c3cccc(-n4cccc4)c3)o2)cc(C)c1Cl. The van der Waals surface area contributed by atoms with Gasteiger partial charge in [0.2, 0.25) is 0 Å². The van der Waals surface area contributed by atoms with Gasteiger partial charge in [0.05, 0.1) is 0 Å². The average Bonchev–Trinajstić information content (AvgIpc) is 3.46. The van der Waals surface area contributed by atoms with Crippen LogP contribution in [0.5, 0.6) is 5.75 Å². The summed E-state index contributed by atoms with van der Waals surface area (Å²) in [5.74, 6) is 1.92. The number of hydrogen-bond donors (Lipinski definition) is 0. The lowest BCUT2D eigenvalue weighted by molar-refractivity contribution is 0.104. The lowest BCUT2D eigenvalue weighted by Gasteiger charge is -2.08. The smallest absolute Gasteiger partial charge is 0.186 e. The quantitative estimate of drug-likeness (QED) is 0.238. The maximum absolute atomic E-state index is 12.6. The van der Waals surface area contributed by atoms with E-state index in [9.17, 15) is 4.79 Å². The van der Waals surface area contributed by atoms with Gasteiger partial charge in [-0.15, -0.1) is 0 Å². The zero-order chi connectivity index (χ0) is 21.8. The molecule has 2 aromatic carbocycles. The first-order valence-electron chi connectivity index (χ1n) is 9.94. The molecule has 0 spiro atoms. The number of hydrogen-bond acceptors (Lipinski definition) is 3. The Balaban J connectivity index is 1.39. The van der Waals surface area contributed by atoms with Gasteiger partial charge in [0.25, 0.3) is 0 Å². The molecule has 0 bridgehead atoms. The van der Waals surface area contributed by atoms with E-state index in [0.717, 1.165) is 27.6 Å². The van der Waals surface area contributed by atoms with Crippen LogP contribution in [0.25, 0.3) is 11.8 Å². The Morgan fingerprint density at radius 3 is 2.52 bits per heavy atom. The highest BCUT2D eigenvalue weighted by molar-refractivity contribution is 6.32. The number of carbonyl (C=O) groups excluding carboxylic acids is 1. The van der Waals surface area contributed by atoms with Crippen molar-refractivity contribution in [1.82, 2.24) is 4.57 Å². The molecule has 0 saturated carbocycles. The van der Waals surface area contributed by atoms with E-state index >= 15 is 0 Å². The molecule has 0 aliphatic carbocycles. The molecule has 4 rings (SSSR count). The summed E-state index contributed by atoms with van der Waals surface area (Å²) < 4.78 is 13.5. The summed E-state index contributed by atoms with van der Waals surface area (Å²) in [5.41, 5.74) is 3.50. The van der Waals surface area contributed by atoms with E-state index in [1.807, 2.05) is 85.4 Å². The lowest BCUT2D eigenvalue weighted by Crippen LogP contribution is -1.97. The molecular formula is C26H22ClNO3. The highest BCUT2D eigenvalue weighted by Gasteiger charge is 2.07. The number of ketones is 1. The van der Waals surface area contributed by atoms with E-state index in [1.165, 1.54) is 6.08 Å². The first kappa shape index (κ1) is 20.8. The van der Waals surface area contributed by atoms with Gasteiger partial charge in [-0.2, -0.15) is 0 Å². The molecule has 4 aromatic rings. The fraction of sp³-hybridized carbons (Fsp3) is 0.115. The Hall–Kier alpha value is -3.50. The Kier molecular flexibility index (Phi) is 6.10. The van der Waals surface area contributed by atoms with E-state index < -0.39 is 0 Å². The van der Waals surface area contributed by atoms with Crippen molar-refractivity contribution >= 4 is 23.5 Å². The molecule has 0 atom stereocenters. The average molecular weight is 432 g/mol. The molecule has 0 aliphatic heterocycles. The third-order valence-corrected chi connectivity index (χ3v) is 5.50. The number of halogens is 1. The molecular weight excluding hydrogens is 410 g/mol. The van der Waals surface area contributed by atoms with Gasteiger partial charge >= 0.3 is 0 Å². The summed E-state index contributed by atoms with van der Waals surface area (Å²) in [6.45, 7) is 4.19. The summed E-state index contributed by atoms with van der Waals surface area (Å²) in [5, 5.41) is 0.751. The van der Waals surface area contributed by atoms with Crippen molar-refractivity contribution in [3.05, 3.63) is 112 Å². The summed E-state index contributed by atoms with van der Waals surface area (Å²) in [6.07, 6.45) is 7.08. The zero-order valence-electron chi connectivity index (χ0n) is 17.3. The number of carbonyl (C=O) groups is 1. The highest BCUT2D eigenvalue weighted by Crippen LogP contribution is 2.26. The summed E-state index contributed by atoms with van der Waals surface area (Å²) in [6, 6.07) is 18.9. The number of furan rings is 1. The van der Waals surface area contributed by atoms with Gasteiger partial charge < -0.3 is 13.7 Å². The number of ether oxygens (including phenoxy) is 1. The van der Waals surface area contributed by atoms with Crippen LogP contribution in [0.2, 0.25) is 5.02 Å². The van der Waals surface area contributed by atoms with E-state index in [-0.39, 0.29) is 5.78 Å². The van der Waals surface area contributed by atoms with Crippen molar-refractivity contribution in [2.24, 2.45) is 0 Å². The van der Waals surface area contributed by atoms with Crippen LogP contribution in [0.1, 0.15) is 33.0 Å². The van der Waals surface area contributed by atoms with Crippen LogP contribution in [0.4, 0.5) is 0 Å². The van der Waals surface area contributed by atoms with Crippen molar-refractivity contribution < 1.29 is 13.9 Å². The number of nitrogens with zero attached hydrogens (tertiary/aromatic N) is 1. The summed E-state index contributed by atoms with van der Waals surface area (Å²) in [4.78, 5) is 12.6. The van der Waals surface area contributed by atoms with Crippen LogP contribution >= 0.6 is 11.6 Å². The normalized spacial score (nSPS) is 11.2. The van der Waals surface area contributed by atoms with Gasteiger partial charge in [-0.1, -0.05) is 23.7 Å². The van der Waals surface area contributed by atoms with E-state index in [2.05, 4.69) is 0 Å². The molecule has 31 heavy (non-hydrogen) atoms. The highest BCUT2D eigenvalue weighted by atomic mass is 35.5. The van der Waals surface area contributed by atoms with Gasteiger partial charge in [0.1, 0.15) is 23.9 Å². The van der Waals surface area contributed by atoms with Crippen LogP contribution in [-0.2, 0) is 6.61 Å². The molecule has 0 aliphatic rings. The van der Waals surface area contributed by atoms with Gasteiger partial charge in [0, 0.05) is 28.7 Å². The molecule has 5 heteroatoms. The molecule has 0 saturated heterocycles. The van der Waals surface area contributed by atoms with Crippen LogP contribution in [0.15, 0.2) is 83.6 Å². The van der Waals surface area contributed by atoms with Crippen LogP contribution in [0.3, 0.4) is 0 Å². The Bertz CT molecular complexity index is 1210. The Morgan fingerprint density at radius 1 is 1.03 bits per heavy atom. The van der Waals surface area contributed by atoms with E-state index in [1.54, 1.807) is 12.1 Å². The van der Waals surface area contributed by atoms with Gasteiger partial charge in [-0.3, -0.25) is 4.79 Å². The first-order chi connectivity index (χ1) is 15.0. The minimum atomic E-state index is -0.0877. The second-order valence-electron chi connectivity index (χ2n) is 7.30. The maximum Gasteiger partial charge on any atom is 0.186 e. The summed E-state index contributed by atoms with van der Waals surface area (Å²) >= 11 is 6.20. The van der Waals surface area contributed by atoms with Gasteiger partial charge in [0.15, 0.2) is 5.78 Å². The van der Waals surface area contributed by atoms with Gasteiger partial charge in [-0.05, 0) is 85.7 Å². The van der Waals surface area contributed by atoms with Crippen molar-refractivity contribution in [1.29, 1.82) is 0 Å². The van der Waals surface area contributed by atoms with Crippen molar-refractivity contribution in [3.8, 4) is 11.4 Å². The number of allylic oxidation sites excluding steroid dienone is 1. The zero-order valence-corrected chi connectivity index (χ0v) is 18.1. The molecule has 2 heterocycles. The second kappa shape index (κ2) is 9.11. The number of aromatic nitrogens is 1. The first-order valence-corrected chi connectivity index (χ1v) is 10.3. The molecule has 0 N–H and O–H groups in total. The maximum atomic E-state index is 12.6. The summed E-state index contributed by atoms with van der Waals surface area (Å²) in [7, 11) is 0. The minimum Gasteiger partial charge on any atom is -0.486 e. The Labute approximate surface area is 186 Å². The van der Waals surface area contributed by atoms with E-state index in [4.69, 9.17) is 20.8 Å². The topological polar surface area (TPSA) is 44.4 Å². The minimum absolute atomic E-state index is 0.0877. The predicted molar refractivity (Wildman–Crippen MR) is 123 cm³/mol. The molecule has 4 nitrogen and oxygen atoms in total. The van der Waals surface area contributed by atoms with Crippen molar-refractivity contribution in [2.45, 2.75) is 20.5 Å². The molecule has 0 amide bonds. The fourth-order valence-electron chi connectivity index (χ4n) is 3.29. The molecule has 0 unspecified atom stereocenters. The second-order valence-corrected chi connectivity index (χ2v) is 7.68. The van der Waals surface area contributed by atoms with Crippen LogP contribution in [-0.4, -0.2) is 10.4 Å². The van der Waals surface area contributed by atoms with Crippen molar-refractivity contribution in [2.75, 3.05) is 0 Å². The number of benzene rings is 2. The van der Waals surface area contributed by atoms with Crippen molar-refractivity contribution in [3.63, 3.8) is 0 Å². The van der Waals surface area contributed by atoms with E-state index in [0.29, 0.717) is 23.7 Å². The predicted octanol–water partition coefficient (Wildman–Crippen LogP) is 6.82. The van der Waals surface area contributed by atoms with Gasteiger partial charge in [-0.25, -0.2) is 0 Å². The largest absolute Gasteiger partial charge is 0.486 e. The lowest BCUT2D eigenvalue weighted by atomic mass is 10.1. The fourth-order valence-corrected chi connectivity index (χ4v) is 3.40. The molecule has 156 valence electrons.